The molecule has 4 N–H and O–H groups in total. The first-order chi connectivity index (χ1) is 8.16. The van der Waals surface area contributed by atoms with Crippen LogP contribution in [-0.2, 0) is 6.54 Å². The molecule has 1 aromatic carbocycles. The van der Waals surface area contributed by atoms with Gasteiger partial charge in [0.2, 0.25) is 5.88 Å². The van der Waals surface area contributed by atoms with E-state index in [-0.39, 0.29) is 23.2 Å². The van der Waals surface area contributed by atoms with Crippen molar-refractivity contribution in [3.63, 3.8) is 0 Å². The lowest BCUT2D eigenvalue weighted by molar-refractivity contribution is 0.454. The first-order valence-electron chi connectivity index (χ1n) is 4.94. The molecule has 0 unspecified atom stereocenters. The maximum Gasteiger partial charge on any atom is 0.240 e. The standard InChI is InChI=1S/C11H11FN4O/c12-8-3-1-7(2-4-8)5-14-9-10(13)15-6-16-11(9)17/h1-4,6,14H,5H2,(H3,13,15,16,17). The predicted octanol–water partition coefficient (Wildman–Crippen LogP) is 1.52. The van der Waals surface area contributed by atoms with Crippen LogP contribution in [0.3, 0.4) is 0 Å². The van der Waals surface area contributed by atoms with Crippen LogP contribution in [0.2, 0.25) is 0 Å². The molecule has 0 amide bonds. The summed E-state index contributed by atoms with van der Waals surface area (Å²) >= 11 is 0. The molecule has 0 saturated heterocycles. The lowest BCUT2D eigenvalue weighted by atomic mass is 10.2. The normalized spacial score (nSPS) is 10.2. The summed E-state index contributed by atoms with van der Waals surface area (Å²) in [7, 11) is 0. The predicted molar refractivity (Wildman–Crippen MR) is 61.8 cm³/mol. The number of anilines is 2. The number of aromatic nitrogens is 2. The number of hydrogen-bond donors (Lipinski definition) is 3. The summed E-state index contributed by atoms with van der Waals surface area (Å²) in [6.07, 6.45) is 1.17. The fraction of sp³-hybridized carbons (Fsp3) is 0.0909. The summed E-state index contributed by atoms with van der Waals surface area (Å²) < 4.78 is 12.7. The number of benzene rings is 1. The van der Waals surface area contributed by atoms with Gasteiger partial charge in [0.25, 0.3) is 0 Å². The molecule has 1 heterocycles. The topological polar surface area (TPSA) is 84.1 Å². The molecule has 0 spiro atoms. The third kappa shape index (κ3) is 2.60. The van der Waals surface area contributed by atoms with Gasteiger partial charge in [0, 0.05) is 6.54 Å². The molecule has 0 aliphatic rings. The van der Waals surface area contributed by atoms with E-state index in [2.05, 4.69) is 15.3 Å². The zero-order valence-corrected chi connectivity index (χ0v) is 8.89. The average molecular weight is 234 g/mol. The van der Waals surface area contributed by atoms with Crippen LogP contribution in [0.4, 0.5) is 15.9 Å². The van der Waals surface area contributed by atoms with Gasteiger partial charge in [0.1, 0.15) is 17.8 Å². The van der Waals surface area contributed by atoms with Gasteiger partial charge in [-0.3, -0.25) is 0 Å². The Kier molecular flexibility index (Phi) is 3.04. The van der Waals surface area contributed by atoms with Crippen molar-refractivity contribution in [2.75, 3.05) is 11.1 Å². The van der Waals surface area contributed by atoms with Crippen molar-refractivity contribution in [3.05, 3.63) is 42.0 Å². The van der Waals surface area contributed by atoms with Gasteiger partial charge >= 0.3 is 0 Å². The van der Waals surface area contributed by atoms with Crippen molar-refractivity contribution in [3.8, 4) is 5.88 Å². The van der Waals surface area contributed by atoms with E-state index in [0.29, 0.717) is 6.54 Å². The first-order valence-corrected chi connectivity index (χ1v) is 4.94. The number of aromatic hydroxyl groups is 1. The molecule has 0 aliphatic carbocycles. The van der Waals surface area contributed by atoms with Crippen LogP contribution in [0.5, 0.6) is 5.88 Å². The molecule has 2 rings (SSSR count). The maximum atomic E-state index is 12.7. The van der Waals surface area contributed by atoms with Crippen LogP contribution >= 0.6 is 0 Å². The summed E-state index contributed by atoms with van der Waals surface area (Å²) in [4.78, 5) is 7.36. The van der Waals surface area contributed by atoms with Gasteiger partial charge in [0.05, 0.1) is 0 Å². The van der Waals surface area contributed by atoms with Crippen molar-refractivity contribution in [1.29, 1.82) is 0 Å². The molecular formula is C11H11FN4O. The molecule has 0 saturated carbocycles. The minimum Gasteiger partial charge on any atom is -0.492 e. The number of nitrogens with two attached hydrogens (primary N) is 1. The monoisotopic (exact) mass is 234 g/mol. The zero-order chi connectivity index (χ0) is 12.3. The molecule has 5 nitrogen and oxygen atoms in total. The highest BCUT2D eigenvalue weighted by Gasteiger charge is 2.07. The van der Waals surface area contributed by atoms with Gasteiger partial charge in [-0.1, -0.05) is 12.1 Å². The third-order valence-corrected chi connectivity index (χ3v) is 2.24. The van der Waals surface area contributed by atoms with Crippen molar-refractivity contribution >= 4 is 11.5 Å². The third-order valence-electron chi connectivity index (χ3n) is 2.24. The Morgan fingerprint density at radius 3 is 2.59 bits per heavy atom. The molecular weight excluding hydrogens is 223 g/mol. The number of hydrogen-bond acceptors (Lipinski definition) is 5. The summed E-state index contributed by atoms with van der Waals surface area (Å²) in [6.45, 7) is 0.394. The van der Waals surface area contributed by atoms with Gasteiger partial charge in [-0.15, -0.1) is 0 Å². The van der Waals surface area contributed by atoms with Crippen LogP contribution < -0.4 is 11.1 Å². The Hall–Kier alpha value is -2.37. The molecule has 0 bridgehead atoms. The lowest BCUT2D eigenvalue weighted by Crippen LogP contribution is -2.05. The van der Waals surface area contributed by atoms with E-state index < -0.39 is 0 Å². The minimum atomic E-state index is -0.292. The molecule has 6 heteroatoms. The highest BCUT2D eigenvalue weighted by Crippen LogP contribution is 2.24. The molecule has 0 radical (unpaired) electrons. The zero-order valence-electron chi connectivity index (χ0n) is 8.89. The van der Waals surface area contributed by atoms with Gasteiger partial charge in [-0.2, -0.15) is 4.98 Å². The molecule has 0 atom stereocenters. The van der Waals surface area contributed by atoms with Crippen LogP contribution in [0.1, 0.15) is 5.56 Å². The summed E-state index contributed by atoms with van der Waals surface area (Å²) in [5, 5.41) is 12.4. The van der Waals surface area contributed by atoms with E-state index >= 15 is 0 Å². The van der Waals surface area contributed by atoms with E-state index in [1.807, 2.05) is 0 Å². The second-order valence-corrected chi connectivity index (χ2v) is 3.44. The van der Waals surface area contributed by atoms with Gasteiger partial charge in [-0.05, 0) is 17.7 Å². The Morgan fingerprint density at radius 1 is 1.24 bits per heavy atom. The van der Waals surface area contributed by atoms with Crippen molar-refractivity contribution in [1.82, 2.24) is 9.97 Å². The fourth-order valence-electron chi connectivity index (χ4n) is 1.35. The van der Waals surface area contributed by atoms with Crippen LogP contribution in [0.25, 0.3) is 0 Å². The SMILES string of the molecule is Nc1ncnc(O)c1NCc1ccc(F)cc1. The molecule has 2 aromatic rings. The summed E-state index contributed by atoms with van der Waals surface area (Å²) in [5.74, 6) is -0.335. The number of nitrogens with zero attached hydrogens (tertiary/aromatic N) is 2. The average Bonchev–Trinajstić information content (AvgIpc) is 2.31. The Balaban J connectivity index is 2.10. The molecule has 17 heavy (non-hydrogen) atoms. The number of rotatable bonds is 3. The largest absolute Gasteiger partial charge is 0.492 e. The van der Waals surface area contributed by atoms with Gasteiger partial charge in [-0.25, -0.2) is 9.37 Å². The second kappa shape index (κ2) is 4.65. The van der Waals surface area contributed by atoms with Crippen LogP contribution in [-0.4, -0.2) is 15.1 Å². The quantitative estimate of drug-likeness (QED) is 0.749. The minimum absolute atomic E-state index is 0.166. The molecule has 88 valence electrons. The number of nitrogens with one attached hydrogen (secondary N) is 1. The smallest absolute Gasteiger partial charge is 0.240 e. The Bertz CT molecular complexity index is 495. The van der Waals surface area contributed by atoms with E-state index in [9.17, 15) is 9.50 Å². The van der Waals surface area contributed by atoms with E-state index in [0.717, 1.165) is 5.56 Å². The van der Waals surface area contributed by atoms with E-state index in [1.54, 1.807) is 12.1 Å². The van der Waals surface area contributed by atoms with Gasteiger partial charge < -0.3 is 16.2 Å². The van der Waals surface area contributed by atoms with Crippen molar-refractivity contribution in [2.24, 2.45) is 0 Å². The van der Waals surface area contributed by atoms with E-state index in [1.165, 1.54) is 18.5 Å². The molecule has 0 aliphatic heterocycles. The van der Waals surface area contributed by atoms with E-state index in [4.69, 9.17) is 5.73 Å². The van der Waals surface area contributed by atoms with Crippen LogP contribution in [0.15, 0.2) is 30.6 Å². The molecule has 0 fully saturated rings. The highest BCUT2D eigenvalue weighted by molar-refractivity contribution is 5.66. The lowest BCUT2D eigenvalue weighted by Gasteiger charge is -2.09. The van der Waals surface area contributed by atoms with Crippen molar-refractivity contribution < 1.29 is 9.50 Å². The Labute approximate surface area is 97.1 Å². The summed E-state index contributed by atoms with van der Waals surface area (Å²) in [5.41, 5.74) is 6.71. The number of nitrogen functional groups attached to an aromatic ring is 1. The van der Waals surface area contributed by atoms with Gasteiger partial charge in [0.15, 0.2) is 5.82 Å². The fourth-order valence-corrected chi connectivity index (χ4v) is 1.35. The molecule has 1 aromatic heterocycles. The highest BCUT2D eigenvalue weighted by atomic mass is 19.1. The van der Waals surface area contributed by atoms with Crippen LogP contribution in [0, 0.1) is 5.82 Å². The number of halogens is 1. The summed E-state index contributed by atoms with van der Waals surface area (Å²) in [6, 6.07) is 6.00. The maximum absolute atomic E-state index is 12.7. The first kappa shape index (κ1) is 11.1. The second-order valence-electron chi connectivity index (χ2n) is 3.44. The van der Waals surface area contributed by atoms with Crippen molar-refractivity contribution in [2.45, 2.75) is 6.54 Å². The Morgan fingerprint density at radius 2 is 1.94 bits per heavy atom.